The summed E-state index contributed by atoms with van der Waals surface area (Å²) in [6.07, 6.45) is 1.13. The van der Waals surface area contributed by atoms with Crippen LogP contribution in [0.4, 0.5) is 0 Å². The lowest BCUT2D eigenvalue weighted by Crippen LogP contribution is -2.18. The van der Waals surface area contributed by atoms with Crippen LogP contribution in [-0.4, -0.2) is 22.7 Å². The van der Waals surface area contributed by atoms with E-state index in [-0.39, 0.29) is 6.10 Å². The molecule has 4 nitrogen and oxygen atoms in total. The van der Waals surface area contributed by atoms with Crippen molar-refractivity contribution in [3.8, 4) is 0 Å². The van der Waals surface area contributed by atoms with Crippen LogP contribution in [-0.2, 0) is 4.74 Å². The minimum absolute atomic E-state index is 0.0914. The molecule has 1 aliphatic rings. The molecular weight excluding hydrogens is 174 g/mol. The van der Waals surface area contributed by atoms with E-state index in [1.807, 2.05) is 5.38 Å². The van der Waals surface area contributed by atoms with E-state index in [0.29, 0.717) is 12.5 Å². The van der Waals surface area contributed by atoms with E-state index in [1.54, 1.807) is 0 Å². The molecule has 1 aromatic rings. The molecule has 1 aromatic heterocycles. The van der Waals surface area contributed by atoms with Gasteiger partial charge in [0.1, 0.15) is 11.8 Å². The third-order valence-electron chi connectivity index (χ3n) is 2.19. The summed E-state index contributed by atoms with van der Waals surface area (Å²) < 4.78 is 9.33. The van der Waals surface area contributed by atoms with Gasteiger partial charge in [-0.05, 0) is 24.5 Å². The molecule has 1 fully saturated rings. The van der Waals surface area contributed by atoms with Crippen molar-refractivity contribution >= 4 is 11.5 Å². The Morgan fingerprint density at radius 1 is 1.75 bits per heavy atom. The molecule has 0 aromatic carbocycles. The lowest BCUT2D eigenvalue weighted by molar-refractivity contribution is 0.0890. The molecule has 1 saturated heterocycles. The maximum atomic E-state index is 5.61. The zero-order chi connectivity index (χ0) is 8.39. The van der Waals surface area contributed by atoms with Gasteiger partial charge in [0, 0.05) is 17.9 Å². The first kappa shape index (κ1) is 8.10. The molecule has 0 radical (unpaired) electrons. The summed E-state index contributed by atoms with van der Waals surface area (Å²) in [7, 11) is 0. The van der Waals surface area contributed by atoms with Crippen LogP contribution in [0.2, 0.25) is 0 Å². The van der Waals surface area contributed by atoms with E-state index in [2.05, 4.69) is 9.59 Å². The van der Waals surface area contributed by atoms with E-state index < -0.39 is 0 Å². The summed E-state index contributed by atoms with van der Waals surface area (Å²) in [6, 6.07) is 0. The summed E-state index contributed by atoms with van der Waals surface area (Å²) in [5.74, 6) is 0.425. The molecule has 2 atom stereocenters. The largest absolute Gasteiger partial charge is 0.371 e. The van der Waals surface area contributed by atoms with Crippen LogP contribution in [0.25, 0.3) is 0 Å². The zero-order valence-electron chi connectivity index (χ0n) is 6.64. The SMILES string of the molecule is NCC1CCOC1c1csnn1. The van der Waals surface area contributed by atoms with Gasteiger partial charge in [0.15, 0.2) is 0 Å². The minimum Gasteiger partial charge on any atom is -0.371 e. The Bertz CT molecular complexity index is 239. The van der Waals surface area contributed by atoms with E-state index >= 15 is 0 Å². The fourth-order valence-corrected chi connectivity index (χ4v) is 1.98. The lowest BCUT2D eigenvalue weighted by Gasteiger charge is -2.12. The topological polar surface area (TPSA) is 61.0 Å². The normalized spacial score (nSPS) is 29.4. The van der Waals surface area contributed by atoms with Crippen molar-refractivity contribution in [2.75, 3.05) is 13.2 Å². The van der Waals surface area contributed by atoms with Gasteiger partial charge in [-0.25, -0.2) is 0 Å². The van der Waals surface area contributed by atoms with Gasteiger partial charge in [0.05, 0.1) is 0 Å². The van der Waals surface area contributed by atoms with Crippen LogP contribution in [0.15, 0.2) is 5.38 Å². The highest BCUT2D eigenvalue weighted by Crippen LogP contribution is 2.32. The summed E-state index contributed by atoms with van der Waals surface area (Å²) in [5.41, 5.74) is 6.54. The molecule has 0 saturated carbocycles. The van der Waals surface area contributed by atoms with Crippen LogP contribution in [0, 0.1) is 5.92 Å². The van der Waals surface area contributed by atoms with Crippen LogP contribution in [0.5, 0.6) is 0 Å². The zero-order valence-corrected chi connectivity index (χ0v) is 7.46. The number of hydrogen-bond donors (Lipinski definition) is 1. The standard InChI is InChI=1S/C7H11N3OS/c8-3-5-1-2-11-7(5)6-4-12-10-9-6/h4-5,7H,1-3,8H2. The first-order valence-electron chi connectivity index (χ1n) is 4.00. The van der Waals surface area contributed by atoms with Crippen LogP contribution in [0.3, 0.4) is 0 Å². The molecule has 2 heterocycles. The molecule has 66 valence electrons. The number of nitrogens with two attached hydrogens (primary N) is 1. The maximum absolute atomic E-state index is 5.61. The Morgan fingerprint density at radius 2 is 2.67 bits per heavy atom. The van der Waals surface area contributed by atoms with E-state index in [9.17, 15) is 0 Å². The summed E-state index contributed by atoms with van der Waals surface area (Å²) >= 11 is 1.36. The van der Waals surface area contributed by atoms with Crippen molar-refractivity contribution in [1.29, 1.82) is 0 Å². The molecule has 2 rings (SSSR count). The molecule has 1 aliphatic heterocycles. The molecule has 0 amide bonds. The van der Waals surface area contributed by atoms with Gasteiger partial charge < -0.3 is 10.5 Å². The smallest absolute Gasteiger partial charge is 0.106 e. The maximum Gasteiger partial charge on any atom is 0.106 e. The highest BCUT2D eigenvalue weighted by Gasteiger charge is 2.30. The molecular formula is C7H11N3OS. The fraction of sp³-hybridized carbons (Fsp3) is 0.714. The summed E-state index contributed by atoms with van der Waals surface area (Å²) in [5, 5.41) is 5.91. The lowest BCUT2D eigenvalue weighted by atomic mass is 10.0. The average molecular weight is 185 g/mol. The van der Waals surface area contributed by atoms with E-state index in [4.69, 9.17) is 10.5 Å². The van der Waals surface area contributed by atoms with Crippen LogP contribution < -0.4 is 5.73 Å². The van der Waals surface area contributed by atoms with Gasteiger partial charge in [0.25, 0.3) is 0 Å². The molecule has 0 bridgehead atoms. The fourth-order valence-electron chi connectivity index (χ4n) is 1.50. The quantitative estimate of drug-likeness (QED) is 0.732. The molecule has 12 heavy (non-hydrogen) atoms. The number of rotatable bonds is 2. The third-order valence-corrected chi connectivity index (χ3v) is 2.71. The van der Waals surface area contributed by atoms with Gasteiger partial charge in [0.2, 0.25) is 0 Å². The Balaban J connectivity index is 2.13. The first-order chi connectivity index (χ1) is 5.92. The molecule has 2 N–H and O–H groups in total. The van der Waals surface area contributed by atoms with Crippen molar-refractivity contribution in [3.05, 3.63) is 11.1 Å². The predicted octanol–water partition coefficient (Wildman–Crippen LogP) is 0.574. The second kappa shape index (κ2) is 3.47. The Hall–Kier alpha value is -0.520. The van der Waals surface area contributed by atoms with E-state index in [0.717, 1.165) is 18.7 Å². The molecule has 2 unspecified atom stereocenters. The third kappa shape index (κ3) is 1.35. The van der Waals surface area contributed by atoms with Gasteiger partial charge in [-0.15, -0.1) is 5.10 Å². The second-order valence-electron chi connectivity index (χ2n) is 2.91. The Kier molecular flexibility index (Phi) is 2.34. The Morgan fingerprint density at radius 3 is 3.33 bits per heavy atom. The van der Waals surface area contributed by atoms with Crippen molar-refractivity contribution < 1.29 is 4.74 Å². The van der Waals surface area contributed by atoms with Crippen molar-refractivity contribution in [3.63, 3.8) is 0 Å². The van der Waals surface area contributed by atoms with Crippen molar-refractivity contribution in [1.82, 2.24) is 9.59 Å². The second-order valence-corrected chi connectivity index (χ2v) is 3.52. The average Bonchev–Trinajstić information content (AvgIpc) is 2.74. The van der Waals surface area contributed by atoms with Crippen LogP contribution >= 0.6 is 11.5 Å². The number of ether oxygens (including phenoxy) is 1. The van der Waals surface area contributed by atoms with Gasteiger partial charge >= 0.3 is 0 Å². The Labute approximate surface area is 74.9 Å². The molecule has 0 spiro atoms. The van der Waals surface area contributed by atoms with Gasteiger partial charge in [-0.1, -0.05) is 4.49 Å². The monoisotopic (exact) mass is 185 g/mol. The molecule has 0 aliphatic carbocycles. The van der Waals surface area contributed by atoms with Crippen molar-refractivity contribution in [2.45, 2.75) is 12.5 Å². The number of nitrogens with zero attached hydrogens (tertiary/aromatic N) is 2. The van der Waals surface area contributed by atoms with Gasteiger partial charge in [-0.3, -0.25) is 0 Å². The number of aromatic nitrogens is 2. The summed E-state index contributed by atoms with van der Waals surface area (Å²) in [4.78, 5) is 0. The number of hydrogen-bond acceptors (Lipinski definition) is 5. The predicted molar refractivity (Wildman–Crippen MR) is 45.8 cm³/mol. The van der Waals surface area contributed by atoms with Crippen molar-refractivity contribution in [2.24, 2.45) is 11.7 Å². The first-order valence-corrected chi connectivity index (χ1v) is 4.84. The summed E-state index contributed by atoms with van der Waals surface area (Å²) in [6.45, 7) is 1.46. The highest BCUT2D eigenvalue weighted by molar-refractivity contribution is 7.03. The van der Waals surface area contributed by atoms with E-state index in [1.165, 1.54) is 11.5 Å². The molecule has 5 heteroatoms. The van der Waals surface area contributed by atoms with Gasteiger partial charge in [-0.2, -0.15) is 0 Å². The highest BCUT2D eigenvalue weighted by atomic mass is 32.1. The minimum atomic E-state index is 0.0914. The van der Waals surface area contributed by atoms with Crippen LogP contribution in [0.1, 0.15) is 18.2 Å².